The van der Waals surface area contributed by atoms with E-state index in [1.54, 1.807) is 6.21 Å². The minimum Gasteiger partial charge on any atom is -0.390 e. The normalized spacial score (nSPS) is 11.3. The van der Waals surface area contributed by atoms with E-state index in [-0.39, 0.29) is 12.5 Å². The number of hydrogen-bond acceptors (Lipinski definition) is 6. The second-order valence-electron chi connectivity index (χ2n) is 6.39. The number of carbonyl (C=O) groups excluding carboxylic acids is 1. The fourth-order valence-electron chi connectivity index (χ4n) is 3.08. The molecular weight excluding hydrogens is 372 g/mol. The first-order valence-corrected chi connectivity index (χ1v) is 8.78. The van der Waals surface area contributed by atoms with Crippen LogP contribution in [0, 0.1) is 10.1 Å². The van der Waals surface area contributed by atoms with Gasteiger partial charge in [-0.25, -0.2) is 5.01 Å². The molecule has 0 aliphatic heterocycles. The summed E-state index contributed by atoms with van der Waals surface area (Å²) in [6.45, 7) is -0.203. The molecule has 0 saturated carbocycles. The zero-order chi connectivity index (χ0) is 20.4. The fourth-order valence-corrected chi connectivity index (χ4v) is 3.08. The van der Waals surface area contributed by atoms with Crippen molar-refractivity contribution in [1.29, 1.82) is 0 Å². The number of likely N-dealkylation sites (N-methyl/N-ethyl adjacent to an activating group) is 1. The number of amides is 1. The van der Waals surface area contributed by atoms with Gasteiger partial charge in [-0.15, -0.1) is 0 Å². The highest BCUT2D eigenvalue weighted by Gasteiger charge is 2.17. The molecule has 3 aromatic carbocycles. The second-order valence-corrected chi connectivity index (χ2v) is 6.39. The van der Waals surface area contributed by atoms with Gasteiger partial charge >= 0.3 is 5.95 Å². The Bertz CT molecular complexity index is 1210. The van der Waals surface area contributed by atoms with Crippen molar-refractivity contribution in [2.45, 2.75) is 6.54 Å². The highest BCUT2D eigenvalue weighted by molar-refractivity contribution is 6.13. The summed E-state index contributed by atoms with van der Waals surface area (Å²) in [5, 5.41) is 24.0. The second kappa shape index (κ2) is 7.47. The maximum absolute atomic E-state index is 12.4. The Hall–Kier alpha value is -4.14. The first-order valence-electron chi connectivity index (χ1n) is 8.78. The highest BCUT2D eigenvalue weighted by Crippen LogP contribution is 2.27. The summed E-state index contributed by atoms with van der Waals surface area (Å²) in [6.07, 6.45) is 2.80. The molecule has 0 radical (unpaired) electrons. The maximum Gasteiger partial charge on any atom is 0.490 e. The van der Waals surface area contributed by atoms with Crippen molar-refractivity contribution in [3.63, 3.8) is 0 Å². The van der Waals surface area contributed by atoms with Gasteiger partial charge in [0.2, 0.25) is 6.33 Å². The molecule has 0 atom stereocenters. The number of nitro groups is 1. The van der Waals surface area contributed by atoms with Crippen molar-refractivity contribution in [3.05, 3.63) is 76.6 Å². The Morgan fingerprint density at radius 1 is 1.17 bits per heavy atom. The van der Waals surface area contributed by atoms with Gasteiger partial charge in [0.15, 0.2) is 0 Å². The van der Waals surface area contributed by atoms with Crippen molar-refractivity contribution in [2.24, 2.45) is 5.10 Å². The van der Waals surface area contributed by atoms with Crippen LogP contribution in [0.2, 0.25) is 0 Å². The molecule has 4 rings (SSSR count). The Balaban J connectivity index is 1.62. The van der Waals surface area contributed by atoms with Gasteiger partial charge in [-0.3, -0.25) is 4.79 Å². The Morgan fingerprint density at radius 3 is 2.38 bits per heavy atom. The van der Waals surface area contributed by atoms with Crippen molar-refractivity contribution in [1.82, 2.24) is 19.8 Å². The predicted molar refractivity (Wildman–Crippen MR) is 108 cm³/mol. The Kier molecular flexibility index (Phi) is 4.70. The summed E-state index contributed by atoms with van der Waals surface area (Å²) >= 11 is 0. The average Bonchev–Trinajstić information content (AvgIpc) is 3.19. The molecule has 0 fully saturated rings. The van der Waals surface area contributed by atoms with Crippen LogP contribution in [-0.2, 0) is 11.3 Å². The van der Waals surface area contributed by atoms with Crippen LogP contribution in [0.25, 0.3) is 21.5 Å². The predicted octanol–water partition coefficient (Wildman–Crippen LogP) is 2.99. The molecule has 29 heavy (non-hydrogen) atoms. The lowest BCUT2D eigenvalue weighted by molar-refractivity contribution is -0.394. The van der Waals surface area contributed by atoms with Crippen molar-refractivity contribution in [3.8, 4) is 0 Å². The van der Waals surface area contributed by atoms with Gasteiger partial charge < -0.3 is 10.1 Å². The summed E-state index contributed by atoms with van der Waals surface area (Å²) in [5.41, 5.74) is 0.912. The lowest BCUT2D eigenvalue weighted by Gasteiger charge is -2.11. The van der Waals surface area contributed by atoms with E-state index in [1.165, 1.54) is 12.1 Å². The molecule has 1 amide bonds. The Morgan fingerprint density at radius 2 is 1.79 bits per heavy atom. The first kappa shape index (κ1) is 18.2. The van der Waals surface area contributed by atoms with Crippen LogP contribution in [0.3, 0.4) is 0 Å². The summed E-state index contributed by atoms with van der Waals surface area (Å²) in [4.78, 5) is 25.9. The molecule has 0 spiro atoms. The van der Waals surface area contributed by atoms with Gasteiger partial charge in [-0.1, -0.05) is 53.5 Å². The van der Waals surface area contributed by atoms with E-state index >= 15 is 0 Å². The van der Waals surface area contributed by atoms with Gasteiger partial charge in [0.25, 0.3) is 5.91 Å². The van der Waals surface area contributed by atoms with Crippen LogP contribution in [0.4, 0.5) is 5.95 Å². The molecule has 0 bridgehead atoms. The molecule has 9 nitrogen and oxygen atoms in total. The van der Waals surface area contributed by atoms with Gasteiger partial charge in [0, 0.05) is 17.7 Å². The smallest absolute Gasteiger partial charge is 0.390 e. The molecule has 0 aliphatic rings. The third-order valence-electron chi connectivity index (χ3n) is 4.52. The van der Waals surface area contributed by atoms with Crippen LogP contribution in [0.1, 0.15) is 5.56 Å². The summed E-state index contributed by atoms with van der Waals surface area (Å²) in [6, 6.07) is 18.1. The van der Waals surface area contributed by atoms with E-state index in [0.717, 1.165) is 38.1 Å². The molecule has 0 aliphatic carbocycles. The van der Waals surface area contributed by atoms with E-state index in [4.69, 9.17) is 0 Å². The molecule has 0 N–H and O–H groups in total. The standard InChI is InChI=1S/C20H16N6O3/c1-24(19(27)12-25-13-21-20(23-25)26(28)29)22-11-18-16-8-4-2-6-14(16)10-15-7-3-5-9-17(15)18/h2-11,13H,12H2,1H3/b22-11+. The number of hydrogen-bond donors (Lipinski definition) is 0. The van der Waals surface area contributed by atoms with E-state index < -0.39 is 10.9 Å². The number of hydrazone groups is 1. The lowest BCUT2D eigenvalue weighted by Crippen LogP contribution is -2.26. The van der Waals surface area contributed by atoms with Gasteiger partial charge in [-0.2, -0.15) is 9.78 Å². The van der Waals surface area contributed by atoms with Crippen molar-refractivity contribution >= 4 is 39.6 Å². The number of rotatable bonds is 5. The monoisotopic (exact) mass is 388 g/mol. The highest BCUT2D eigenvalue weighted by atomic mass is 16.6. The SMILES string of the molecule is CN(/N=C/c1c2ccccc2cc2ccccc12)C(=O)Cn1cnc([N+](=O)[O-])n1. The van der Waals surface area contributed by atoms with Crippen LogP contribution in [0.15, 0.2) is 66.0 Å². The molecule has 9 heteroatoms. The van der Waals surface area contributed by atoms with E-state index in [2.05, 4.69) is 21.3 Å². The third-order valence-corrected chi connectivity index (χ3v) is 4.52. The quantitative estimate of drug-likeness (QED) is 0.226. The number of benzene rings is 3. The van der Waals surface area contributed by atoms with E-state index in [0.29, 0.717) is 0 Å². The zero-order valence-electron chi connectivity index (χ0n) is 15.5. The molecular formula is C20H16N6O3. The molecule has 1 heterocycles. The van der Waals surface area contributed by atoms with Crippen LogP contribution < -0.4 is 0 Å². The largest absolute Gasteiger partial charge is 0.490 e. The van der Waals surface area contributed by atoms with Crippen molar-refractivity contribution in [2.75, 3.05) is 7.05 Å². The molecule has 1 aromatic heterocycles. The zero-order valence-corrected chi connectivity index (χ0v) is 15.5. The Labute approximate surface area is 165 Å². The van der Waals surface area contributed by atoms with Crippen molar-refractivity contribution < 1.29 is 9.72 Å². The topological polar surface area (TPSA) is 107 Å². The number of carbonyl (C=O) groups is 1. The third kappa shape index (κ3) is 3.65. The van der Waals surface area contributed by atoms with E-state index in [1.807, 2.05) is 48.5 Å². The summed E-state index contributed by atoms with van der Waals surface area (Å²) in [5.74, 6) is -0.934. The minimum atomic E-state index is -0.714. The molecule has 4 aromatic rings. The maximum atomic E-state index is 12.4. The van der Waals surface area contributed by atoms with Crippen LogP contribution in [-0.4, -0.2) is 43.9 Å². The summed E-state index contributed by atoms with van der Waals surface area (Å²) in [7, 11) is 1.53. The summed E-state index contributed by atoms with van der Waals surface area (Å²) < 4.78 is 1.11. The molecule has 0 unspecified atom stereocenters. The van der Waals surface area contributed by atoms with E-state index in [9.17, 15) is 14.9 Å². The number of aromatic nitrogens is 3. The minimum absolute atomic E-state index is 0.203. The average molecular weight is 388 g/mol. The van der Waals surface area contributed by atoms with Crippen LogP contribution in [0.5, 0.6) is 0 Å². The lowest BCUT2D eigenvalue weighted by atomic mass is 9.97. The molecule has 0 saturated heterocycles. The number of nitrogens with zero attached hydrogens (tertiary/aromatic N) is 6. The first-order chi connectivity index (χ1) is 14.0. The van der Waals surface area contributed by atoms with Gasteiger partial charge in [0.1, 0.15) is 6.54 Å². The van der Waals surface area contributed by atoms with Gasteiger partial charge in [-0.05, 0) is 32.5 Å². The van der Waals surface area contributed by atoms with Crippen LogP contribution >= 0.6 is 0 Å². The molecule has 144 valence electrons. The fraction of sp³-hybridized carbons (Fsp3) is 0.100. The number of fused-ring (bicyclic) bond motifs is 2. The van der Waals surface area contributed by atoms with Gasteiger partial charge in [0.05, 0.1) is 6.21 Å².